The number of anilines is 1. The van der Waals surface area contributed by atoms with E-state index in [4.69, 9.17) is 4.74 Å². The van der Waals surface area contributed by atoms with Crippen LogP contribution in [0.4, 0.5) is 5.69 Å². The summed E-state index contributed by atoms with van der Waals surface area (Å²) >= 11 is 0. The number of rotatable bonds is 4. The van der Waals surface area contributed by atoms with E-state index in [2.05, 4.69) is 15.5 Å². The van der Waals surface area contributed by atoms with Crippen LogP contribution in [-0.2, 0) is 4.79 Å². The number of aromatic nitrogens is 2. The Bertz CT molecular complexity index is 609. The average molecular weight is 271 g/mol. The minimum atomic E-state index is -0.00827. The molecule has 0 saturated carbocycles. The van der Waals surface area contributed by atoms with Crippen molar-refractivity contribution in [2.45, 2.75) is 20.3 Å². The molecular weight excluding hydrogens is 254 g/mol. The summed E-state index contributed by atoms with van der Waals surface area (Å²) in [5.41, 5.74) is 3.44. The Morgan fingerprint density at radius 1 is 1.25 bits per heavy atom. The van der Waals surface area contributed by atoms with Gasteiger partial charge in [0.25, 0.3) is 0 Å². The fourth-order valence-corrected chi connectivity index (χ4v) is 1.74. The van der Waals surface area contributed by atoms with Crippen LogP contribution < -0.4 is 10.1 Å². The summed E-state index contributed by atoms with van der Waals surface area (Å²) in [6.07, 6.45) is 0.450. The standard InChI is InChI=1S/C15H17N3O2/c1-4-14(19)16-13-9-11(6-5-10(13)2)12-7-8-15(20-3)18-17-12/h5-9H,4H2,1-3H3,(H,16,19). The Morgan fingerprint density at radius 2 is 2.05 bits per heavy atom. The van der Waals surface area contributed by atoms with E-state index in [9.17, 15) is 4.79 Å². The van der Waals surface area contributed by atoms with E-state index in [1.54, 1.807) is 13.2 Å². The van der Waals surface area contributed by atoms with Gasteiger partial charge in [0.2, 0.25) is 11.8 Å². The molecule has 5 nitrogen and oxygen atoms in total. The molecule has 1 aromatic carbocycles. The first kappa shape index (κ1) is 14.0. The maximum Gasteiger partial charge on any atom is 0.233 e. The van der Waals surface area contributed by atoms with E-state index in [0.29, 0.717) is 12.3 Å². The van der Waals surface area contributed by atoms with Gasteiger partial charge in [-0.2, -0.15) is 0 Å². The van der Waals surface area contributed by atoms with Crippen molar-refractivity contribution in [3.8, 4) is 17.1 Å². The van der Waals surface area contributed by atoms with Crippen molar-refractivity contribution in [1.82, 2.24) is 10.2 Å². The highest BCUT2D eigenvalue weighted by atomic mass is 16.5. The number of amides is 1. The predicted molar refractivity (Wildman–Crippen MR) is 77.7 cm³/mol. The minimum absolute atomic E-state index is 0.00827. The highest BCUT2D eigenvalue weighted by molar-refractivity contribution is 5.92. The van der Waals surface area contributed by atoms with E-state index in [0.717, 1.165) is 22.5 Å². The number of hydrogen-bond acceptors (Lipinski definition) is 4. The third-order valence-corrected chi connectivity index (χ3v) is 2.98. The van der Waals surface area contributed by atoms with Crippen LogP contribution in [0.25, 0.3) is 11.3 Å². The summed E-state index contributed by atoms with van der Waals surface area (Å²) in [6, 6.07) is 9.40. The zero-order chi connectivity index (χ0) is 14.5. The SMILES string of the molecule is CCC(=O)Nc1cc(-c2ccc(OC)nn2)ccc1C. The lowest BCUT2D eigenvalue weighted by atomic mass is 10.1. The van der Waals surface area contributed by atoms with Crippen molar-refractivity contribution in [1.29, 1.82) is 0 Å². The number of carbonyl (C=O) groups is 1. The van der Waals surface area contributed by atoms with Gasteiger partial charge in [-0.25, -0.2) is 0 Å². The van der Waals surface area contributed by atoms with Crippen molar-refractivity contribution in [2.75, 3.05) is 12.4 Å². The van der Waals surface area contributed by atoms with Gasteiger partial charge in [0.05, 0.1) is 12.8 Å². The molecule has 0 radical (unpaired) electrons. The minimum Gasteiger partial charge on any atom is -0.480 e. The quantitative estimate of drug-likeness (QED) is 0.928. The van der Waals surface area contributed by atoms with E-state index in [-0.39, 0.29) is 5.91 Å². The first-order valence-electron chi connectivity index (χ1n) is 6.42. The molecule has 104 valence electrons. The average Bonchev–Trinajstić information content (AvgIpc) is 2.49. The van der Waals surface area contributed by atoms with Crippen molar-refractivity contribution < 1.29 is 9.53 Å². The number of carbonyl (C=O) groups excluding carboxylic acids is 1. The highest BCUT2D eigenvalue weighted by Crippen LogP contribution is 2.24. The van der Waals surface area contributed by atoms with Gasteiger partial charge in [-0.15, -0.1) is 10.2 Å². The molecule has 2 aromatic rings. The third-order valence-electron chi connectivity index (χ3n) is 2.98. The zero-order valence-corrected chi connectivity index (χ0v) is 11.8. The van der Waals surface area contributed by atoms with Crippen molar-refractivity contribution >= 4 is 11.6 Å². The second kappa shape index (κ2) is 6.14. The molecule has 1 aromatic heterocycles. The van der Waals surface area contributed by atoms with E-state index in [1.165, 1.54) is 0 Å². The molecule has 1 N–H and O–H groups in total. The molecule has 0 aliphatic carbocycles. The molecule has 0 atom stereocenters. The van der Waals surface area contributed by atoms with Gasteiger partial charge < -0.3 is 10.1 Å². The summed E-state index contributed by atoms with van der Waals surface area (Å²) in [5.74, 6) is 0.464. The number of aryl methyl sites for hydroxylation is 1. The van der Waals surface area contributed by atoms with E-state index in [1.807, 2.05) is 38.1 Å². The van der Waals surface area contributed by atoms with Crippen molar-refractivity contribution in [3.05, 3.63) is 35.9 Å². The molecule has 0 saturated heterocycles. The first-order chi connectivity index (χ1) is 9.63. The molecule has 0 spiro atoms. The van der Waals surface area contributed by atoms with Gasteiger partial charge in [0, 0.05) is 23.7 Å². The predicted octanol–water partition coefficient (Wildman–Crippen LogP) is 2.81. The molecule has 2 rings (SSSR count). The Labute approximate surface area is 118 Å². The monoisotopic (exact) mass is 271 g/mol. The fraction of sp³-hybridized carbons (Fsp3) is 0.267. The Kier molecular flexibility index (Phi) is 4.30. The second-order valence-electron chi connectivity index (χ2n) is 4.39. The van der Waals surface area contributed by atoms with Crippen LogP contribution in [0.3, 0.4) is 0 Å². The number of nitrogens with one attached hydrogen (secondary N) is 1. The summed E-state index contributed by atoms with van der Waals surface area (Å²) in [6.45, 7) is 3.78. The second-order valence-corrected chi connectivity index (χ2v) is 4.39. The zero-order valence-electron chi connectivity index (χ0n) is 11.8. The van der Waals surface area contributed by atoms with Crippen LogP contribution >= 0.6 is 0 Å². The topological polar surface area (TPSA) is 64.1 Å². The molecule has 0 aliphatic heterocycles. The third kappa shape index (κ3) is 3.12. The van der Waals surface area contributed by atoms with Gasteiger partial charge in [-0.3, -0.25) is 4.79 Å². The fourth-order valence-electron chi connectivity index (χ4n) is 1.74. The van der Waals surface area contributed by atoms with Crippen LogP contribution in [-0.4, -0.2) is 23.2 Å². The molecule has 20 heavy (non-hydrogen) atoms. The first-order valence-corrected chi connectivity index (χ1v) is 6.42. The summed E-state index contributed by atoms with van der Waals surface area (Å²) < 4.78 is 4.98. The summed E-state index contributed by atoms with van der Waals surface area (Å²) in [5, 5.41) is 10.9. The maximum absolute atomic E-state index is 11.5. The van der Waals surface area contributed by atoms with Gasteiger partial charge in [0.15, 0.2) is 0 Å². The van der Waals surface area contributed by atoms with Gasteiger partial charge in [-0.05, 0) is 24.6 Å². The Balaban J connectivity index is 2.32. The van der Waals surface area contributed by atoms with Crippen LogP contribution in [0.15, 0.2) is 30.3 Å². The van der Waals surface area contributed by atoms with Crippen LogP contribution in [0.5, 0.6) is 5.88 Å². The summed E-state index contributed by atoms with van der Waals surface area (Å²) in [4.78, 5) is 11.5. The molecule has 5 heteroatoms. The van der Waals surface area contributed by atoms with Crippen LogP contribution in [0, 0.1) is 6.92 Å². The highest BCUT2D eigenvalue weighted by Gasteiger charge is 2.07. The Morgan fingerprint density at radius 3 is 2.65 bits per heavy atom. The molecule has 1 amide bonds. The van der Waals surface area contributed by atoms with Gasteiger partial charge >= 0.3 is 0 Å². The van der Waals surface area contributed by atoms with Crippen LogP contribution in [0.1, 0.15) is 18.9 Å². The molecule has 1 heterocycles. The maximum atomic E-state index is 11.5. The summed E-state index contributed by atoms with van der Waals surface area (Å²) in [7, 11) is 1.55. The number of benzene rings is 1. The number of methoxy groups -OCH3 is 1. The molecule has 0 bridgehead atoms. The number of hydrogen-bond donors (Lipinski definition) is 1. The molecule has 0 fully saturated rings. The number of ether oxygens (including phenoxy) is 1. The lowest BCUT2D eigenvalue weighted by molar-refractivity contribution is -0.115. The smallest absolute Gasteiger partial charge is 0.233 e. The van der Waals surface area contributed by atoms with Crippen molar-refractivity contribution in [2.24, 2.45) is 0 Å². The van der Waals surface area contributed by atoms with Crippen LogP contribution in [0.2, 0.25) is 0 Å². The molecule has 0 aliphatic rings. The normalized spacial score (nSPS) is 10.2. The Hall–Kier alpha value is -2.43. The van der Waals surface area contributed by atoms with Crippen molar-refractivity contribution in [3.63, 3.8) is 0 Å². The van der Waals surface area contributed by atoms with Gasteiger partial charge in [0.1, 0.15) is 0 Å². The van der Waals surface area contributed by atoms with Gasteiger partial charge in [-0.1, -0.05) is 19.1 Å². The lowest BCUT2D eigenvalue weighted by Crippen LogP contribution is -2.10. The molecular formula is C15H17N3O2. The van der Waals surface area contributed by atoms with E-state index >= 15 is 0 Å². The van der Waals surface area contributed by atoms with E-state index < -0.39 is 0 Å². The number of nitrogens with zero attached hydrogens (tertiary/aromatic N) is 2. The lowest BCUT2D eigenvalue weighted by Gasteiger charge is -2.09. The molecule has 0 unspecified atom stereocenters. The largest absolute Gasteiger partial charge is 0.480 e.